The Hall–Kier alpha value is -3.64. The number of rotatable bonds is 17. The maximum absolute atomic E-state index is 13.4. The number of carbonyl (C=O) groups is 8. The average molecular weight is 732 g/mol. The number of amides is 3. The molecule has 14 N–H and O–H groups in total. The van der Waals surface area contributed by atoms with Crippen LogP contribution in [0, 0.1) is 5.92 Å². The van der Waals surface area contributed by atoms with Gasteiger partial charge in [0, 0.05) is 13.0 Å². The van der Waals surface area contributed by atoms with Crippen LogP contribution in [-0.4, -0.2) is 142 Å². The molecule has 1 aliphatic heterocycles. The number of Topliss-reactive ketones (excluding diaryl/α,β-unsaturated/α-hetero) is 4. The number of aliphatic hydroxyl groups excluding tert-OH is 4. The zero-order valence-electron chi connectivity index (χ0n) is 29.0. The van der Waals surface area contributed by atoms with Crippen LogP contribution in [-0.2, 0) is 38.4 Å². The van der Waals surface area contributed by atoms with E-state index >= 15 is 0 Å². The number of hydrogen-bond acceptors (Lipinski definition) is 18. The summed E-state index contributed by atoms with van der Waals surface area (Å²) < 4.78 is 0. The second kappa shape index (κ2) is 23.8. The molecule has 0 aromatic heterocycles. The molecule has 21 nitrogen and oxygen atoms in total. The van der Waals surface area contributed by atoms with Crippen LogP contribution < -0.4 is 48.9 Å². The number of hydrazine groups is 3. The summed E-state index contributed by atoms with van der Waals surface area (Å²) in [7, 11) is 0. The zero-order valence-corrected chi connectivity index (χ0v) is 29.0. The predicted molar refractivity (Wildman–Crippen MR) is 177 cm³/mol. The Balaban J connectivity index is 3.28. The van der Waals surface area contributed by atoms with Crippen molar-refractivity contribution in [3.05, 3.63) is 0 Å². The molecular weight excluding hydrogens is 678 g/mol. The van der Waals surface area contributed by atoms with Crippen molar-refractivity contribution in [3.8, 4) is 0 Å². The van der Waals surface area contributed by atoms with Crippen molar-refractivity contribution in [1.82, 2.24) is 43.2 Å². The fraction of sp³-hybridized carbons (Fsp3) is 0.733. The molecule has 21 heteroatoms. The first-order valence-corrected chi connectivity index (χ1v) is 16.7. The number of primary amides is 1. The smallest absolute Gasteiger partial charge is 0.241 e. The molecule has 1 rings (SSSR count). The van der Waals surface area contributed by atoms with Crippen molar-refractivity contribution in [1.29, 1.82) is 0 Å². The van der Waals surface area contributed by atoms with Crippen LogP contribution in [0.25, 0.3) is 0 Å². The molecule has 0 spiro atoms. The van der Waals surface area contributed by atoms with Gasteiger partial charge in [0.25, 0.3) is 0 Å². The number of carbonyl (C=O) groups excluding carboxylic acids is 8. The zero-order chi connectivity index (χ0) is 38.7. The van der Waals surface area contributed by atoms with E-state index < -0.39 is 109 Å². The molecule has 0 bridgehead atoms. The average Bonchev–Trinajstić information content (AvgIpc) is 3.10. The van der Waals surface area contributed by atoms with E-state index in [1.807, 2.05) is 6.92 Å². The van der Waals surface area contributed by atoms with Crippen LogP contribution in [0.4, 0.5) is 0 Å². The van der Waals surface area contributed by atoms with Crippen molar-refractivity contribution in [2.24, 2.45) is 11.7 Å². The van der Waals surface area contributed by atoms with Gasteiger partial charge in [0.05, 0.1) is 44.1 Å². The number of aldehydes is 1. The maximum Gasteiger partial charge on any atom is 0.241 e. The summed E-state index contributed by atoms with van der Waals surface area (Å²) in [6.45, 7) is 2.32. The van der Waals surface area contributed by atoms with Crippen LogP contribution in [0.3, 0.4) is 0 Å². The Kier molecular flexibility index (Phi) is 21.1. The Bertz CT molecular complexity index is 1210. The highest BCUT2D eigenvalue weighted by molar-refractivity contribution is 6.41. The van der Waals surface area contributed by atoms with Crippen molar-refractivity contribution in [3.63, 3.8) is 0 Å². The number of aliphatic hydroxyl groups is 4. The molecule has 1 aliphatic rings. The molecular formula is C30H53N9O12. The topological polar surface area (TPSA) is 340 Å². The van der Waals surface area contributed by atoms with Gasteiger partial charge < -0.3 is 41.6 Å². The highest BCUT2D eigenvalue weighted by atomic mass is 16.3. The van der Waals surface area contributed by atoms with Crippen LogP contribution in [0.1, 0.15) is 59.3 Å². The Morgan fingerprint density at radius 3 is 2.20 bits per heavy atom. The minimum absolute atomic E-state index is 0.0424. The van der Waals surface area contributed by atoms with Gasteiger partial charge in [-0.15, -0.1) is 0 Å². The lowest BCUT2D eigenvalue weighted by Gasteiger charge is -2.27. The summed E-state index contributed by atoms with van der Waals surface area (Å²) in [6, 6.07) is -9.83. The molecule has 1 saturated heterocycles. The first kappa shape index (κ1) is 45.4. The molecule has 3 unspecified atom stereocenters. The second-order valence-electron chi connectivity index (χ2n) is 12.2. The van der Waals surface area contributed by atoms with E-state index in [9.17, 15) is 58.8 Å². The summed E-state index contributed by atoms with van der Waals surface area (Å²) >= 11 is 0. The maximum atomic E-state index is 13.4. The van der Waals surface area contributed by atoms with Gasteiger partial charge in [-0.05, 0) is 38.5 Å². The van der Waals surface area contributed by atoms with Gasteiger partial charge in [0.2, 0.25) is 40.9 Å². The van der Waals surface area contributed by atoms with E-state index in [2.05, 4.69) is 43.2 Å². The Morgan fingerprint density at radius 1 is 0.961 bits per heavy atom. The molecule has 1 heterocycles. The van der Waals surface area contributed by atoms with E-state index in [0.29, 0.717) is 19.1 Å². The summed E-state index contributed by atoms with van der Waals surface area (Å²) in [6.07, 6.45) is -0.842. The fourth-order valence-electron chi connectivity index (χ4n) is 4.77. The van der Waals surface area contributed by atoms with Crippen molar-refractivity contribution < 1.29 is 58.8 Å². The molecule has 9 atom stereocenters. The number of hydrogen-bond donors (Lipinski definition) is 13. The molecule has 3 amide bonds. The molecule has 0 saturated carbocycles. The van der Waals surface area contributed by atoms with Crippen LogP contribution >= 0.6 is 0 Å². The third-order valence-electron chi connectivity index (χ3n) is 8.25. The van der Waals surface area contributed by atoms with Gasteiger partial charge in [-0.2, -0.15) is 0 Å². The minimum Gasteiger partial charge on any atom is -0.394 e. The largest absolute Gasteiger partial charge is 0.394 e. The van der Waals surface area contributed by atoms with Gasteiger partial charge in [-0.25, -0.2) is 32.6 Å². The highest BCUT2D eigenvalue weighted by Crippen LogP contribution is 2.09. The van der Waals surface area contributed by atoms with Gasteiger partial charge in [-0.1, -0.05) is 20.3 Å². The minimum atomic E-state index is -1.85. The standard InChI is InChI=1S/C30H53N9O12/c1-4-15(2)23(29(31)50)39-37-20(13-42)27(48)25(46)18-7-5-6-10-32-22(45)9-8-19(35-34-17(11-40)12-41)26(47)28(49)24(16(3)44)33-30(51)21(14-43)38-36-18/h11,15-21,23-24,34-39,41-44H,4-10,12-14H2,1-3H3,(H2,31,50)(H,32,45)(H,33,51)/t15-,16+,17+,18?,19?,20-,21-,23?,24-/m0/s1. The molecule has 0 aromatic rings. The van der Waals surface area contributed by atoms with E-state index in [1.54, 1.807) is 6.92 Å². The molecule has 51 heavy (non-hydrogen) atoms. The quantitative estimate of drug-likeness (QED) is 0.0376. The van der Waals surface area contributed by atoms with Crippen molar-refractivity contribution in [2.45, 2.75) is 108 Å². The SMILES string of the molecule is CC[C@H](C)C(NN[C@@H](CO)C(=O)C(=O)C1CCCCNC(=O)CCC(NN[C@H](C=O)CO)C(=O)C(=O)[C@H]([C@@H](C)O)NC(=O)[C@H](CO)NN1)C(N)=O. The third-order valence-corrected chi connectivity index (χ3v) is 8.25. The molecule has 0 aromatic carbocycles. The van der Waals surface area contributed by atoms with Gasteiger partial charge in [0.1, 0.15) is 30.5 Å². The van der Waals surface area contributed by atoms with Crippen LogP contribution in [0.15, 0.2) is 0 Å². The lowest BCUT2D eigenvalue weighted by atomic mass is 9.96. The van der Waals surface area contributed by atoms with Crippen molar-refractivity contribution >= 4 is 47.1 Å². The van der Waals surface area contributed by atoms with Crippen LogP contribution in [0.2, 0.25) is 0 Å². The van der Waals surface area contributed by atoms with Gasteiger partial charge in [0.15, 0.2) is 0 Å². The Morgan fingerprint density at radius 2 is 1.65 bits per heavy atom. The number of nitrogens with two attached hydrogens (primary N) is 1. The molecule has 0 radical (unpaired) electrons. The fourth-order valence-corrected chi connectivity index (χ4v) is 4.77. The van der Waals surface area contributed by atoms with Crippen LogP contribution in [0.5, 0.6) is 0 Å². The predicted octanol–water partition coefficient (Wildman–Crippen LogP) is -6.59. The summed E-state index contributed by atoms with van der Waals surface area (Å²) in [4.78, 5) is 102. The second-order valence-corrected chi connectivity index (χ2v) is 12.2. The number of nitrogens with one attached hydrogen (secondary N) is 8. The molecule has 0 aliphatic carbocycles. The summed E-state index contributed by atoms with van der Waals surface area (Å²) in [5.41, 5.74) is 20.3. The summed E-state index contributed by atoms with van der Waals surface area (Å²) in [5.74, 6) is -7.26. The molecule has 1 fully saturated rings. The first-order valence-electron chi connectivity index (χ1n) is 16.7. The van der Waals surface area contributed by atoms with E-state index in [4.69, 9.17) is 5.73 Å². The third kappa shape index (κ3) is 14.9. The summed E-state index contributed by atoms with van der Waals surface area (Å²) in [5, 5.41) is 44.2. The van der Waals surface area contributed by atoms with Gasteiger partial charge >= 0.3 is 0 Å². The van der Waals surface area contributed by atoms with Crippen molar-refractivity contribution in [2.75, 3.05) is 26.4 Å². The normalized spacial score (nSPS) is 24.8. The molecule has 290 valence electrons. The first-order chi connectivity index (χ1) is 24.2. The van der Waals surface area contributed by atoms with Gasteiger partial charge in [-0.3, -0.25) is 33.6 Å². The highest BCUT2D eigenvalue weighted by Gasteiger charge is 2.37. The number of ketones is 4. The van der Waals surface area contributed by atoms with E-state index in [-0.39, 0.29) is 38.1 Å². The van der Waals surface area contributed by atoms with E-state index in [0.717, 1.165) is 6.92 Å². The lowest BCUT2D eigenvalue weighted by molar-refractivity contribution is -0.142. The Labute approximate surface area is 294 Å². The van der Waals surface area contributed by atoms with E-state index in [1.165, 1.54) is 0 Å². The lowest BCUT2D eigenvalue weighted by Crippen LogP contribution is -2.63. The monoisotopic (exact) mass is 731 g/mol.